The summed E-state index contributed by atoms with van der Waals surface area (Å²) in [5, 5.41) is 2.67. The third-order valence-corrected chi connectivity index (χ3v) is 1.52. The fourth-order valence-corrected chi connectivity index (χ4v) is 0.792. The Kier molecular flexibility index (Phi) is 6.41. The smallest absolute Gasteiger partial charge is 0.294 e. The molecule has 0 fully saturated rings. The van der Waals surface area contributed by atoms with Gasteiger partial charge in [0.25, 0.3) is 6.43 Å². The first-order valence-corrected chi connectivity index (χ1v) is 4.99. The Labute approximate surface area is 84.8 Å². The first-order valence-electron chi connectivity index (χ1n) is 4.99. The molecule has 0 spiro atoms. The second kappa shape index (κ2) is 6.74. The number of nitrogens with one attached hydrogen (secondary N) is 1. The molecule has 0 unspecified atom stereocenters. The lowest BCUT2D eigenvalue weighted by Crippen LogP contribution is -2.33. The lowest BCUT2D eigenvalue weighted by atomic mass is 10.2. The first-order chi connectivity index (χ1) is 6.43. The van der Waals surface area contributed by atoms with Gasteiger partial charge in [-0.2, -0.15) is 0 Å². The fourth-order valence-electron chi connectivity index (χ4n) is 0.792. The van der Waals surface area contributed by atoms with Crippen molar-refractivity contribution in [2.24, 2.45) is 16.8 Å². The molecule has 0 rings (SSSR count). The molecule has 0 bridgehead atoms. The highest BCUT2D eigenvalue weighted by molar-refractivity contribution is 5.85. The van der Waals surface area contributed by atoms with Gasteiger partial charge in [-0.05, 0) is 11.8 Å². The molecule has 0 aliphatic rings. The monoisotopic (exact) mass is 206 g/mol. The van der Waals surface area contributed by atoms with E-state index in [1.165, 1.54) is 0 Å². The minimum atomic E-state index is -2.49. The summed E-state index contributed by atoms with van der Waals surface area (Å²) in [5.74, 6) is 0.481. The van der Waals surface area contributed by atoms with Crippen LogP contribution in [0.3, 0.4) is 0 Å². The van der Waals surface area contributed by atoms with Gasteiger partial charge in [-0.3, -0.25) is 4.99 Å². The van der Waals surface area contributed by atoms with Gasteiger partial charge in [0, 0.05) is 13.1 Å². The van der Waals surface area contributed by atoms with E-state index in [0.717, 1.165) is 0 Å². The van der Waals surface area contributed by atoms with Crippen molar-refractivity contribution in [1.82, 2.24) is 5.32 Å². The van der Waals surface area contributed by atoms with Crippen LogP contribution in [0.4, 0.5) is 8.78 Å². The van der Waals surface area contributed by atoms with E-state index in [2.05, 4.69) is 10.3 Å². The molecular weight excluding hydrogens is 186 g/mol. The molecule has 0 aliphatic carbocycles. The van der Waals surface area contributed by atoms with E-state index in [1.807, 2.05) is 27.7 Å². The minimum absolute atomic E-state index is 0.174. The highest BCUT2D eigenvalue weighted by Gasteiger charge is 2.12. The highest BCUT2D eigenvalue weighted by atomic mass is 19.3. The summed E-state index contributed by atoms with van der Waals surface area (Å²) in [7, 11) is 0. The molecule has 0 radical (unpaired) electrons. The van der Waals surface area contributed by atoms with Crippen LogP contribution in [0.5, 0.6) is 0 Å². The first kappa shape index (κ1) is 13.3. The molecular formula is C10H20F2N2. The number of aliphatic imine (C=N–C) groups is 1. The van der Waals surface area contributed by atoms with Crippen LogP contribution >= 0.6 is 0 Å². The average Bonchev–Trinajstić information content (AvgIpc) is 2.02. The Morgan fingerprint density at radius 2 is 1.71 bits per heavy atom. The molecule has 14 heavy (non-hydrogen) atoms. The second-order valence-electron chi connectivity index (χ2n) is 4.20. The molecule has 84 valence electrons. The molecule has 0 heterocycles. The number of amidine groups is 1. The van der Waals surface area contributed by atoms with E-state index in [9.17, 15) is 8.78 Å². The van der Waals surface area contributed by atoms with E-state index in [4.69, 9.17) is 0 Å². The van der Waals surface area contributed by atoms with Crippen molar-refractivity contribution in [2.75, 3.05) is 13.1 Å². The molecule has 0 aromatic rings. The van der Waals surface area contributed by atoms with Crippen molar-refractivity contribution in [2.45, 2.75) is 34.1 Å². The van der Waals surface area contributed by atoms with Gasteiger partial charge in [0.15, 0.2) is 5.84 Å². The van der Waals surface area contributed by atoms with Gasteiger partial charge in [-0.25, -0.2) is 8.78 Å². The van der Waals surface area contributed by atoms with Crippen LogP contribution in [0.2, 0.25) is 0 Å². The predicted molar refractivity (Wildman–Crippen MR) is 56.0 cm³/mol. The van der Waals surface area contributed by atoms with E-state index in [-0.39, 0.29) is 5.84 Å². The fraction of sp³-hybridized carbons (Fsp3) is 0.900. The standard InChI is InChI=1S/C10H20F2N2/c1-7(2)5-13-10(9(11)12)14-6-8(3)4/h7-9H,5-6H2,1-4H3,(H,13,14). The summed E-state index contributed by atoms with van der Waals surface area (Å²) < 4.78 is 24.8. The van der Waals surface area contributed by atoms with Crippen molar-refractivity contribution in [3.63, 3.8) is 0 Å². The molecule has 0 saturated carbocycles. The van der Waals surface area contributed by atoms with Crippen molar-refractivity contribution in [1.29, 1.82) is 0 Å². The average molecular weight is 206 g/mol. The van der Waals surface area contributed by atoms with Crippen LogP contribution in [0.15, 0.2) is 4.99 Å². The largest absolute Gasteiger partial charge is 0.369 e. The van der Waals surface area contributed by atoms with E-state index >= 15 is 0 Å². The summed E-state index contributed by atoms with van der Waals surface area (Å²) in [4.78, 5) is 3.85. The summed E-state index contributed by atoms with van der Waals surface area (Å²) >= 11 is 0. The van der Waals surface area contributed by atoms with Gasteiger partial charge in [0.05, 0.1) is 0 Å². The summed E-state index contributed by atoms with van der Waals surface area (Å²) in [6.45, 7) is 8.84. The predicted octanol–water partition coefficient (Wildman–Crippen LogP) is 2.55. The molecule has 0 amide bonds. The third-order valence-electron chi connectivity index (χ3n) is 1.52. The van der Waals surface area contributed by atoms with Gasteiger partial charge in [-0.15, -0.1) is 0 Å². The van der Waals surface area contributed by atoms with Crippen molar-refractivity contribution in [3.05, 3.63) is 0 Å². The number of hydrogen-bond donors (Lipinski definition) is 1. The van der Waals surface area contributed by atoms with Gasteiger partial charge in [0.2, 0.25) is 0 Å². The summed E-state index contributed by atoms with van der Waals surface area (Å²) in [6, 6.07) is 0. The molecule has 0 aromatic heterocycles. The minimum Gasteiger partial charge on any atom is -0.369 e. The lowest BCUT2D eigenvalue weighted by Gasteiger charge is -2.11. The van der Waals surface area contributed by atoms with Gasteiger partial charge in [-0.1, -0.05) is 27.7 Å². The zero-order valence-corrected chi connectivity index (χ0v) is 9.35. The Morgan fingerprint density at radius 3 is 2.07 bits per heavy atom. The van der Waals surface area contributed by atoms with E-state index in [1.54, 1.807) is 0 Å². The molecule has 0 aromatic carbocycles. The SMILES string of the molecule is CC(C)CN=C(NCC(C)C)C(F)F. The van der Waals surface area contributed by atoms with Crippen molar-refractivity contribution in [3.8, 4) is 0 Å². The third kappa shape index (κ3) is 6.80. The molecule has 2 nitrogen and oxygen atoms in total. The Morgan fingerprint density at radius 1 is 1.14 bits per heavy atom. The molecule has 4 heteroatoms. The quantitative estimate of drug-likeness (QED) is 0.542. The van der Waals surface area contributed by atoms with Gasteiger partial charge < -0.3 is 5.32 Å². The zero-order chi connectivity index (χ0) is 11.1. The van der Waals surface area contributed by atoms with Crippen LogP contribution < -0.4 is 5.32 Å². The Hall–Kier alpha value is -0.670. The van der Waals surface area contributed by atoms with Crippen LogP contribution in [0.1, 0.15) is 27.7 Å². The molecule has 0 atom stereocenters. The number of hydrogen-bond acceptors (Lipinski definition) is 1. The molecule has 1 N–H and O–H groups in total. The highest BCUT2D eigenvalue weighted by Crippen LogP contribution is 1.99. The van der Waals surface area contributed by atoms with E-state index in [0.29, 0.717) is 24.9 Å². The Bertz CT molecular complexity index is 177. The number of alkyl halides is 2. The lowest BCUT2D eigenvalue weighted by molar-refractivity contribution is 0.219. The topological polar surface area (TPSA) is 24.4 Å². The van der Waals surface area contributed by atoms with E-state index < -0.39 is 6.43 Å². The number of halogens is 2. The van der Waals surface area contributed by atoms with Crippen molar-refractivity contribution >= 4 is 5.84 Å². The number of nitrogens with zero attached hydrogens (tertiary/aromatic N) is 1. The zero-order valence-electron chi connectivity index (χ0n) is 9.35. The maximum atomic E-state index is 12.4. The van der Waals surface area contributed by atoms with Gasteiger partial charge >= 0.3 is 0 Å². The Balaban J connectivity index is 4.08. The summed E-state index contributed by atoms with van der Waals surface area (Å²) in [6.07, 6.45) is -2.49. The molecule has 0 aliphatic heterocycles. The second-order valence-corrected chi connectivity index (χ2v) is 4.20. The van der Waals surface area contributed by atoms with Crippen LogP contribution in [0, 0.1) is 11.8 Å². The number of rotatable bonds is 5. The maximum absolute atomic E-state index is 12.4. The van der Waals surface area contributed by atoms with Crippen molar-refractivity contribution < 1.29 is 8.78 Å². The van der Waals surface area contributed by atoms with Crippen LogP contribution in [-0.2, 0) is 0 Å². The normalized spacial score (nSPS) is 13.1. The summed E-state index contributed by atoms with van der Waals surface area (Å²) in [5.41, 5.74) is 0. The van der Waals surface area contributed by atoms with Crippen LogP contribution in [-0.4, -0.2) is 25.4 Å². The molecule has 0 saturated heterocycles. The van der Waals surface area contributed by atoms with Crippen LogP contribution in [0.25, 0.3) is 0 Å². The van der Waals surface area contributed by atoms with Gasteiger partial charge in [0.1, 0.15) is 0 Å². The maximum Gasteiger partial charge on any atom is 0.294 e.